The first-order valence-electron chi connectivity index (χ1n) is 6.50. The second-order valence-corrected chi connectivity index (χ2v) is 4.99. The van der Waals surface area contributed by atoms with Gasteiger partial charge in [-0.25, -0.2) is 0 Å². The largest absolute Gasteiger partial charge is 0.321 e. The van der Waals surface area contributed by atoms with Crippen LogP contribution in [0.25, 0.3) is 0 Å². The molecule has 1 fully saturated rings. The summed E-state index contributed by atoms with van der Waals surface area (Å²) in [6, 6.07) is 0.674. The van der Waals surface area contributed by atoms with Gasteiger partial charge in [0.15, 0.2) is 0 Å². The van der Waals surface area contributed by atoms with Crippen molar-refractivity contribution in [1.82, 2.24) is 25.0 Å². The molecular weight excluding hydrogens is 214 g/mol. The molecular formula is C12H23N5. The second-order valence-electron chi connectivity index (χ2n) is 4.99. The van der Waals surface area contributed by atoms with E-state index in [-0.39, 0.29) is 0 Å². The Kier molecular flexibility index (Phi) is 4.50. The highest BCUT2D eigenvalue weighted by Gasteiger charge is 2.14. The molecule has 0 amide bonds. The summed E-state index contributed by atoms with van der Waals surface area (Å²) >= 11 is 0. The van der Waals surface area contributed by atoms with E-state index in [0.717, 1.165) is 18.8 Å². The van der Waals surface area contributed by atoms with Crippen molar-refractivity contribution < 1.29 is 0 Å². The second kappa shape index (κ2) is 6.12. The van der Waals surface area contributed by atoms with Gasteiger partial charge in [0.1, 0.15) is 12.2 Å². The zero-order valence-electron chi connectivity index (χ0n) is 10.9. The average Bonchev–Trinajstić information content (AvgIpc) is 2.59. The molecule has 1 atom stereocenters. The number of aryl methyl sites for hydroxylation is 1. The molecule has 17 heavy (non-hydrogen) atoms. The van der Waals surface area contributed by atoms with E-state index >= 15 is 0 Å². The fraction of sp³-hybridized carbons (Fsp3) is 0.833. The van der Waals surface area contributed by atoms with E-state index in [1.807, 2.05) is 11.6 Å². The van der Waals surface area contributed by atoms with E-state index in [1.54, 1.807) is 6.33 Å². The predicted molar refractivity (Wildman–Crippen MR) is 67.8 cm³/mol. The maximum atomic E-state index is 4.09. The van der Waals surface area contributed by atoms with Gasteiger partial charge < -0.3 is 14.8 Å². The Morgan fingerprint density at radius 2 is 2.24 bits per heavy atom. The van der Waals surface area contributed by atoms with Crippen LogP contribution >= 0.6 is 0 Å². The smallest absolute Gasteiger partial charge is 0.133 e. The lowest BCUT2D eigenvalue weighted by Crippen LogP contribution is -2.32. The molecule has 0 saturated carbocycles. The summed E-state index contributed by atoms with van der Waals surface area (Å²) < 4.78 is 1.99. The third-order valence-corrected chi connectivity index (χ3v) is 3.54. The molecule has 96 valence electrons. The van der Waals surface area contributed by atoms with Crippen LogP contribution in [0.4, 0.5) is 0 Å². The van der Waals surface area contributed by atoms with Crippen molar-refractivity contribution in [2.75, 3.05) is 26.7 Å². The topological polar surface area (TPSA) is 46.0 Å². The summed E-state index contributed by atoms with van der Waals surface area (Å²) in [6.07, 6.45) is 6.58. The van der Waals surface area contributed by atoms with E-state index in [2.05, 4.69) is 27.5 Å². The van der Waals surface area contributed by atoms with Crippen molar-refractivity contribution in [2.45, 2.75) is 31.7 Å². The molecule has 1 unspecified atom stereocenters. The van der Waals surface area contributed by atoms with Crippen LogP contribution in [0.1, 0.15) is 25.1 Å². The number of rotatable bonds is 4. The van der Waals surface area contributed by atoms with Crippen molar-refractivity contribution in [2.24, 2.45) is 7.05 Å². The molecule has 0 aliphatic carbocycles. The maximum Gasteiger partial charge on any atom is 0.133 e. The molecule has 0 bridgehead atoms. The van der Waals surface area contributed by atoms with Crippen LogP contribution in [0.15, 0.2) is 6.33 Å². The quantitative estimate of drug-likeness (QED) is 0.825. The maximum absolute atomic E-state index is 4.09. The molecule has 0 spiro atoms. The minimum absolute atomic E-state index is 0.674. The van der Waals surface area contributed by atoms with Crippen LogP contribution in [0.5, 0.6) is 0 Å². The number of hydrogen-bond donors (Lipinski definition) is 1. The van der Waals surface area contributed by atoms with E-state index in [0.29, 0.717) is 6.04 Å². The lowest BCUT2D eigenvalue weighted by atomic mass is 10.1. The predicted octanol–water partition coefficient (Wildman–Crippen LogP) is 0.431. The highest BCUT2D eigenvalue weighted by atomic mass is 15.2. The van der Waals surface area contributed by atoms with Crippen LogP contribution in [0, 0.1) is 0 Å². The molecule has 1 aliphatic heterocycles. The average molecular weight is 237 g/mol. The Morgan fingerprint density at radius 1 is 1.35 bits per heavy atom. The van der Waals surface area contributed by atoms with Gasteiger partial charge in [0.05, 0.1) is 0 Å². The van der Waals surface area contributed by atoms with Crippen molar-refractivity contribution in [3.63, 3.8) is 0 Å². The van der Waals surface area contributed by atoms with Gasteiger partial charge in [-0.1, -0.05) is 0 Å². The first kappa shape index (κ1) is 12.5. The third-order valence-electron chi connectivity index (χ3n) is 3.54. The number of aromatic nitrogens is 3. The van der Waals surface area contributed by atoms with Gasteiger partial charge >= 0.3 is 0 Å². The molecule has 1 aliphatic rings. The fourth-order valence-corrected chi connectivity index (χ4v) is 2.37. The van der Waals surface area contributed by atoms with Crippen LogP contribution in [-0.4, -0.2) is 52.4 Å². The standard InChI is InChI=1S/C12H23N5/c1-16-8-3-4-11(6-9-16)13-7-5-12-15-14-10-17(12)2/h10-11,13H,3-9H2,1-2H3. The Morgan fingerprint density at radius 3 is 3.00 bits per heavy atom. The van der Waals surface area contributed by atoms with Crippen LogP contribution in [0.3, 0.4) is 0 Å². The van der Waals surface area contributed by atoms with Gasteiger partial charge in [0, 0.05) is 26.1 Å². The first-order chi connectivity index (χ1) is 8.25. The minimum atomic E-state index is 0.674. The number of nitrogens with one attached hydrogen (secondary N) is 1. The SMILES string of the molecule is CN1CCCC(NCCc2nncn2C)CC1. The lowest BCUT2D eigenvalue weighted by Gasteiger charge is -2.16. The monoisotopic (exact) mass is 237 g/mol. The van der Waals surface area contributed by atoms with Crippen molar-refractivity contribution in [3.05, 3.63) is 12.2 Å². The number of nitrogens with zero attached hydrogens (tertiary/aromatic N) is 4. The zero-order chi connectivity index (χ0) is 12.1. The Bertz CT molecular complexity index is 335. The Labute approximate surface area is 103 Å². The fourth-order valence-electron chi connectivity index (χ4n) is 2.37. The zero-order valence-corrected chi connectivity index (χ0v) is 10.9. The highest BCUT2D eigenvalue weighted by molar-refractivity contribution is 4.85. The molecule has 1 aromatic heterocycles. The molecule has 2 heterocycles. The Hall–Kier alpha value is -0.940. The van der Waals surface area contributed by atoms with Crippen LogP contribution in [0.2, 0.25) is 0 Å². The summed E-state index contributed by atoms with van der Waals surface area (Å²) in [6.45, 7) is 3.45. The van der Waals surface area contributed by atoms with Gasteiger partial charge in [-0.05, 0) is 39.4 Å². The Balaban J connectivity index is 1.69. The molecule has 0 radical (unpaired) electrons. The molecule has 5 nitrogen and oxygen atoms in total. The molecule has 1 aromatic rings. The summed E-state index contributed by atoms with van der Waals surface area (Å²) in [5.41, 5.74) is 0. The minimum Gasteiger partial charge on any atom is -0.321 e. The molecule has 2 rings (SSSR count). The van der Waals surface area contributed by atoms with E-state index in [4.69, 9.17) is 0 Å². The molecule has 1 N–H and O–H groups in total. The number of likely N-dealkylation sites (tertiary alicyclic amines) is 1. The highest BCUT2D eigenvalue weighted by Crippen LogP contribution is 2.09. The van der Waals surface area contributed by atoms with Gasteiger partial charge in [0.2, 0.25) is 0 Å². The van der Waals surface area contributed by atoms with Gasteiger partial charge in [-0.2, -0.15) is 0 Å². The van der Waals surface area contributed by atoms with Gasteiger partial charge in [-0.3, -0.25) is 0 Å². The van der Waals surface area contributed by atoms with Crippen LogP contribution < -0.4 is 5.32 Å². The van der Waals surface area contributed by atoms with E-state index in [9.17, 15) is 0 Å². The van der Waals surface area contributed by atoms with E-state index < -0.39 is 0 Å². The van der Waals surface area contributed by atoms with E-state index in [1.165, 1.54) is 32.4 Å². The van der Waals surface area contributed by atoms with Crippen molar-refractivity contribution >= 4 is 0 Å². The molecule has 0 aromatic carbocycles. The molecule has 5 heteroatoms. The summed E-state index contributed by atoms with van der Waals surface area (Å²) in [4.78, 5) is 2.42. The summed E-state index contributed by atoms with van der Waals surface area (Å²) in [5.74, 6) is 1.06. The van der Waals surface area contributed by atoms with Crippen molar-refractivity contribution in [3.8, 4) is 0 Å². The normalized spacial score (nSPS) is 22.6. The lowest BCUT2D eigenvalue weighted by molar-refractivity contribution is 0.343. The van der Waals surface area contributed by atoms with Gasteiger partial charge in [-0.15, -0.1) is 10.2 Å². The molecule has 1 saturated heterocycles. The van der Waals surface area contributed by atoms with Gasteiger partial charge in [0.25, 0.3) is 0 Å². The van der Waals surface area contributed by atoms with Crippen molar-refractivity contribution in [1.29, 1.82) is 0 Å². The third kappa shape index (κ3) is 3.78. The summed E-state index contributed by atoms with van der Waals surface area (Å²) in [5, 5.41) is 11.6. The first-order valence-corrected chi connectivity index (χ1v) is 6.50. The summed E-state index contributed by atoms with van der Waals surface area (Å²) in [7, 11) is 4.21. The van der Waals surface area contributed by atoms with Crippen LogP contribution in [-0.2, 0) is 13.5 Å². The number of hydrogen-bond acceptors (Lipinski definition) is 4.